The minimum Gasteiger partial charge on any atom is -0.337 e. The van der Waals surface area contributed by atoms with Crippen molar-refractivity contribution in [1.29, 1.82) is 0 Å². The Bertz CT molecular complexity index is 851. The number of amides is 1. The van der Waals surface area contributed by atoms with E-state index in [1.165, 1.54) is 12.1 Å². The summed E-state index contributed by atoms with van der Waals surface area (Å²) in [5.74, 6) is -0.562. The minimum absolute atomic E-state index is 0. The maximum Gasteiger partial charge on any atom is 0.243 e. The normalized spacial score (nSPS) is 11.5. The van der Waals surface area contributed by atoms with Crippen LogP contribution in [0.5, 0.6) is 0 Å². The quantitative estimate of drug-likeness (QED) is 0.743. The fourth-order valence-electron chi connectivity index (χ4n) is 2.19. The van der Waals surface area contributed by atoms with Gasteiger partial charge in [0.05, 0.1) is 11.6 Å². The van der Waals surface area contributed by atoms with E-state index in [0.717, 1.165) is 5.56 Å². The van der Waals surface area contributed by atoms with Gasteiger partial charge >= 0.3 is 0 Å². The molecule has 1 aromatic carbocycles. The third-order valence-electron chi connectivity index (χ3n) is 3.43. The molecule has 6 nitrogen and oxygen atoms in total. The molecule has 8 heteroatoms. The lowest BCUT2D eigenvalue weighted by Gasteiger charge is -2.07. The van der Waals surface area contributed by atoms with E-state index >= 15 is 0 Å². The highest BCUT2D eigenvalue weighted by Gasteiger charge is 2.22. The molecular weight excluding hydrogens is 347 g/mol. The largest absolute Gasteiger partial charge is 0.337 e. The van der Waals surface area contributed by atoms with E-state index in [2.05, 4.69) is 15.5 Å². The van der Waals surface area contributed by atoms with Crippen LogP contribution in [-0.2, 0) is 4.79 Å². The number of benzene rings is 1. The van der Waals surface area contributed by atoms with Crippen LogP contribution >= 0.6 is 12.4 Å². The second-order valence-electron chi connectivity index (χ2n) is 5.26. The molecule has 3 rings (SSSR count). The Balaban J connectivity index is 0.00000225. The Labute approximate surface area is 149 Å². The predicted octanol–water partition coefficient (Wildman–Crippen LogP) is 3.25. The number of halogens is 2. The molecule has 0 aliphatic rings. The molecule has 1 atom stereocenters. The molecule has 25 heavy (non-hydrogen) atoms. The lowest BCUT2D eigenvalue weighted by atomic mass is 10.0. The Morgan fingerprint density at radius 2 is 1.80 bits per heavy atom. The molecule has 130 valence electrons. The molecule has 0 bridgehead atoms. The monoisotopic (exact) mass is 362 g/mol. The molecule has 0 aliphatic carbocycles. The number of hydrogen-bond acceptors (Lipinski definition) is 5. The highest BCUT2D eigenvalue weighted by atomic mass is 35.5. The van der Waals surface area contributed by atoms with Crippen LogP contribution in [0.4, 0.5) is 10.3 Å². The standard InChI is InChI=1S/C17H15FN4O2.ClH/c1-10(19)16(23)21-17-14(11-6-8-20-9-7-11)15(22-24-17)12-2-4-13(18)5-3-12;/h2-10H,19H2,1H3,(H,21,23);1H/t10-;/m0./s1. The van der Waals surface area contributed by atoms with Crippen molar-refractivity contribution in [2.24, 2.45) is 5.73 Å². The molecule has 1 amide bonds. The van der Waals surface area contributed by atoms with Crippen LogP contribution < -0.4 is 11.1 Å². The molecule has 0 saturated carbocycles. The van der Waals surface area contributed by atoms with E-state index in [0.29, 0.717) is 16.8 Å². The Kier molecular flexibility index (Phi) is 5.84. The molecule has 0 spiro atoms. The van der Waals surface area contributed by atoms with E-state index < -0.39 is 11.9 Å². The summed E-state index contributed by atoms with van der Waals surface area (Å²) in [6.45, 7) is 1.57. The lowest BCUT2D eigenvalue weighted by Crippen LogP contribution is -2.32. The van der Waals surface area contributed by atoms with Crippen molar-refractivity contribution >= 4 is 24.2 Å². The first-order chi connectivity index (χ1) is 11.6. The summed E-state index contributed by atoms with van der Waals surface area (Å²) in [5.41, 5.74) is 8.07. The fraction of sp³-hybridized carbons (Fsp3) is 0.118. The van der Waals surface area contributed by atoms with Crippen molar-refractivity contribution in [2.45, 2.75) is 13.0 Å². The molecule has 3 N–H and O–H groups in total. The van der Waals surface area contributed by atoms with Gasteiger partial charge in [-0.3, -0.25) is 15.1 Å². The van der Waals surface area contributed by atoms with Crippen LogP contribution in [-0.4, -0.2) is 22.1 Å². The van der Waals surface area contributed by atoms with E-state index in [1.807, 2.05) is 0 Å². The van der Waals surface area contributed by atoms with Crippen molar-refractivity contribution in [3.05, 3.63) is 54.6 Å². The summed E-state index contributed by atoms with van der Waals surface area (Å²) in [5, 5.41) is 6.65. The maximum absolute atomic E-state index is 13.2. The van der Waals surface area contributed by atoms with Gasteiger partial charge in [0.25, 0.3) is 0 Å². The zero-order chi connectivity index (χ0) is 17.1. The molecular formula is C17H16ClFN4O2. The van der Waals surface area contributed by atoms with E-state index in [4.69, 9.17) is 10.3 Å². The fourth-order valence-corrected chi connectivity index (χ4v) is 2.19. The summed E-state index contributed by atoms with van der Waals surface area (Å²) in [6.07, 6.45) is 3.24. The van der Waals surface area contributed by atoms with Crippen LogP contribution in [0.3, 0.4) is 0 Å². The number of anilines is 1. The van der Waals surface area contributed by atoms with E-state index in [9.17, 15) is 9.18 Å². The van der Waals surface area contributed by atoms with Gasteiger partial charge in [-0.05, 0) is 48.9 Å². The minimum atomic E-state index is -0.699. The SMILES string of the molecule is C[C@H](N)C(=O)Nc1onc(-c2ccc(F)cc2)c1-c1ccncc1.Cl. The number of hydrogen-bond donors (Lipinski definition) is 2. The Morgan fingerprint density at radius 3 is 2.40 bits per heavy atom. The highest BCUT2D eigenvalue weighted by molar-refractivity contribution is 5.99. The zero-order valence-electron chi connectivity index (χ0n) is 13.3. The number of carbonyl (C=O) groups excluding carboxylic acids is 1. The molecule has 0 unspecified atom stereocenters. The van der Waals surface area contributed by atoms with Crippen molar-refractivity contribution in [3.63, 3.8) is 0 Å². The van der Waals surface area contributed by atoms with Crippen LogP contribution in [0.2, 0.25) is 0 Å². The third kappa shape index (κ3) is 4.01. The van der Waals surface area contributed by atoms with Gasteiger partial charge < -0.3 is 10.3 Å². The molecule has 2 aromatic heterocycles. The first-order valence-electron chi connectivity index (χ1n) is 7.28. The number of nitrogens with two attached hydrogens (primary N) is 1. The van der Waals surface area contributed by atoms with Gasteiger partial charge in [0.15, 0.2) is 0 Å². The Morgan fingerprint density at radius 1 is 1.16 bits per heavy atom. The first kappa shape index (κ1) is 18.6. The van der Waals surface area contributed by atoms with Crippen molar-refractivity contribution in [2.75, 3.05) is 5.32 Å². The van der Waals surface area contributed by atoms with Crippen LogP contribution in [0.25, 0.3) is 22.4 Å². The predicted molar refractivity (Wildman–Crippen MR) is 94.7 cm³/mol. The van der Waals surface area contributed by atoms with Crippen LogP contribution in [0.1, 0.15) is 6.92 Å². The van der Waals surface area contributed by atoms with Crippen LogP contribution in [0.15, 0.2) is 53.3 Å². The van der Waals surface area contributed by atoms with E-state index in [-0.39, 0.29) is 24.1 Å². The van der Waals surface area contributed by atoms with Crippen molar-refractivity contribution < 1.29 is 13.7 Å². The number of rotatable bonds is 4. The van der Waals surface area contributed by atoms with E-state index in [1.54, 1.807) is 43.6 Å². The molecule has 0 saturated heterocycles. The van der Waals surface area contributed by atoms with Gasteiger partial charge in [0.1, 0.15) is 11.5 Å². The summed E-state index contributed by atoms with van der Waals surface area (Å²) in [7, 11) is 0. The van der Waals surface area contributed by atoms with Crippen molar-refractivity contribution in [3.8, 4) is 22.4 Å². The van der Waals surface area contributed by atoms with Gasteiger partial charge in [0.2, 0.25) is 11.8 Å². The topological polar surface area (TPSA) is 94.0 Å². The molecule has 0 fully saturated rings. The molecule has 0 radical (unpaired) electrons. The second-order valence-corrected chi connectivity index (χ2v) is 5.26. The molecule has 0 aliphatic heterocycles. The zero-order valence-corrected chi connectivity index (χ0v) is 14.1. The van der Waals surface area contributed by atoms with Gasteiger partial charge in [-0.25, -0.2) is 4.39 Å². The van der Waals surface area contributed by atoms with Gasteiger partial charge in [-0.15, -0.1) is 12.4 Å². The average molecular weight is 363 g/mol. The summed E-state index contributed by atoms with van der Waals surface area (Å²) >= 11 is 0. The smallest absolute Gasteiger partial charge is 0.243 e. The number of nitrogens with zero attached hydrogens (tertiary/aromatic N) is 2. The summed E-state index contributed by atoms with van der Waals surface area (Å²) < 4.78 is 18.5. The summed E-state index contributed by atoms with van der Waals surface area (Å²) in [6, 6.07) is 8.68. The lowest BCUT2D eigenvalue weighted by molar-refractivity contribution is -0.117. The maximum atomic E-state index is 13.2. The Hall–Kier alpha value is -2.77. The molecule has 3 aromatic rings. The van der Waals surface area contributed by atoms with Gasteiger partial charge in [-0.1, -0.05) is 5.16 Å². The van der Waals surface area contributed by atoms with Crippen molar-refractivity contribution in [1.82, 2.24) is 10.1 Å². The number of carbonyl (C=O) groups is 1. The number of nitrogens with one attached hydrogen (secondary N) is 1. The van der Waals surface area contributed by atoms with Gasteiger partial charge in [-0.2, -0.15) is 0 Å². The first-order valence-corrected chi connectivity index (χ1v) is 7.28. The number of aromatic nitrogens is 2. The third-order valence-corrected chi connectivity index (χ3v) is 3.43. The average Bonchev–Trinajstić information content (AvgIpc) is 2.99. The number of pyridine rings is 1. The molecule has 2 heterocycles. The van der Waals surface area contributed by atoms with Crippen LogP contribution in [0, 0.1) is 5.82 Å². The second kappa shape index (κ2) is 7.87. The summed E-state index contributed by atoms with van der Waals surface area (Å²) in [4.78, 5) is 15.9. The highest BCUT2D eigenvalue weighted by Crippen LogP contribution is 2.37. The van der Waals surface area contributed by atoms with Gasteiger partial charge in [0, 0.05) is 18.0 Å².